The number of nitrogens with one attached hydrogen (secondary N) is 3. The number of rotatable bonds is 15. The van der Waals surface area contributed by atoms with E-state index in [1.54, 1.807) is 6.08 Å². The van der Waals surface area contributed by atoms with Crippen molar-refractivity contribution in [2.75, 3.05) is 62.6 Å². The Morgan fingerprint density at radius 3 is 2.71 bits per heavy atom. The third-order valence-corrected chi connectivity index (χ3v) is 8.34. The van der Waals surface area contributed by atoms with Gasteiger partial charge in [0.15, 0.2) is 0 Å². The summed E-state index contributed by atoms with van der Waals surface area (Å²) in [5.74, 6) is 1.21. The number of nitrogens with zero attached hydrogens (tertiary/aromatic N) is 2. The van der Waals surface area contributed by atoms with Gasteiger partial charge in [-0.1, -0.05) is 68.3 Å². The molecule has 4 rings (SSSR count). The molecule has 0 bridgehead atoms. The summed E-state index contributed by atoms with van der Waals surface area (Å²) >= 11 is 6.55. The normalized spacial score (nSPS) is 17.0. The van der Waals surface area contributed by atoms with Gasteiger partial charge in [0.25, 0.3) is 0 Å². The zero-order valence-corrected chi connectivity index (χ0v) is 25.8. The molecule has 2 heterocycles. The maximum Gasteiger partial charge on any atom is 0.121 e. The highest BCUT2D eigenvalue weighted by Crippen LogP contribution is 2.37. The highest BCUT2D eigenvalue weighted by Gasteiger charge is 2.23. The number of unbranched alkanes of at least 4 members (excludes halogenated alkanes) is 1. The molecular formula is C35H46ClN5O. The van der Waals surface area contributed by atoms with E-state index >= 15 is 0 Å². The van der Waals surface area contributed by atoms with Gasteiger partial charge >= 0.3 is 0 Å². The number of benzene rings is 2. The van der Waals surface area contributed by atoms with Gasteiger partial charge in [0.2, 0.25) is 0 Å². The fourth-order valence-corrected chi connectivity index (χ4v) is 5.68. The Morgan fingerprint density at radius 1 is 1.12 bits per heavy atom. The van der Waals surface area contributed by atoms with Gasteiger partial charge in [-0.2, -0.15) is 0 Å². The number of halogens is 1. The van der Waals surface area contributed by atoms with Crippen molar-refractivity contribution < 1.29 is 4.74 Å². The van der Waals surface area contributed by atoms with Crippen LogP contribution >= 0.6 is 11.6 Å². The lowest BCUT2D eigenvalue weighted by Gasteiger charge is -2.36. The van der Waals surface area contributed by atoms with Crippen LogP contribution in [-0.4, -0.2) is 57.3 Å². The largest absolute Gasteiger partial charge is 0.494 e. The van der Waals surface area contributed by atoms with Gasteiger partial charge in [0, 0.05) is 67.5 Å². The summed E-state index contributed by atoms with van der Waals surface area (Å²) in [6, 6.07) is 12.7. The second-order valence-electron chi connectivity index (χ2n) is 11.1. The fraction of sp³-hybridized carbons (Fsp3) is 0.371. The predicted octanol–water partition coefficient (Wildman–Crippen LogP) is 6.99. The number of ether oxygens (including phenoxy) is 1. The fourth-order valence-electron chi connectivity index (χ4n) is 5.43. The maximum absolute atomic E-state index is 6.55. The molecule has 224 valence electrons. The number of aryl methyl sites for hydroxylation is 1. The number of hydrogen-bond donors (Lipinski definition) is 3. The molecule has 0 radical (unpaired) electrons. The Bertz CT molecular complexity index is 1290. The number of fused-ring (bicyclic) bond motifs is 1. The first kappa shape index (κ1) is 31.3. The van der Waals surface area contributed by atoms with E-state index in [0.717, 1.165) is 103 Å². The van der Waals surface area contributed by atoms with Crippen molar-refractivity contribution in [3.63, 3.8) is 0 Å². The van der Waals surface area contributed by atoms with Crippen LogP contribution in [0.1, 0.15) is 36.3 Å². The quantitative estimate of drug-likeness (QED) is 0.154. The lowest BCUT2D eigenvalue weighted by Crippen LogP contribution is -2.46. The molecule has 0 saturated carbocycles. The zero-order valence-electron chi connectivity index (χ0n) is 25.1. The standard InChI is InChI=1S/C35H46ClN5O/c1-6-7-12-27(3)37-24-29(5)38-25-30-22-28(4)39-33-23-31(14-15-32(30)33)42-21-9-8-16-40-17-19-41(20-18-40)34-13-10-11-26(2)35(34)36/h6-7,10-15,23,30,37-39H,1,3-5,8-9,16-22,24-25H2,2H3/b12-7-. The minimum Gasteiger partial charge on any atom is -0.494 e. The van der Waals surface area contributed by atoms with Crippen molar-refractivity contribution in [2.45, 2.75) is 32.1 Å². The summed E-state index contributed by atoms with van der Waals surface area (Å²) in [5.41, 5.74) is 7.41. The van der Waals surface area contributed by atoms with Gasteiger partial charge in [-0.3, -0.25) is 4.90 Å². The summed E-state index contributed by atoms with van der Waals surface area (Å²) in [7, 11) is 0. The van der Waals surface area contributed by atoms with Crippen molar-refractivity contribution in [1.29, 1.82) is 0 Å². The van der Waals surface area contributed by atoms with Crippen LogP contribution in [-0.2, 0) is 0 Å². The second-order valence-corrected chi connectivity index (χ2v) is 11.5. The monoisotopic (exact) mass is 587 g/mol. The SMILES string of the molecule is C=C/C=C\C(=C)NCC(=C)NCC1CC(=C)Nc2cc(OCCCCN3CCN(c4cccc(C)c4Cl)CC3)ccc21. The average molecular weight is 588 g/mol. The molecular weight excluding hydrogens is 542 g/mol. The highest BCUT2D eigenvalue weighted by atomic mass is 35.5. The van der Waals surface area contributed by atoms with Gasteiger partial charge in [-0.15, -0.1) is 0 Å². The number of hydrogen-bond acceptors (Lipinski definition) is 6. The topological polar surface area (TPSA) is 51.8 Å². The molecule has 7 heteroatoms. The minimum absolute atomic E-state index is 0.311. The van der Waals surface area contributed by atoms with Crippen molar-refractivity contribution in [3.8, 4) is 5.75 Å². The molecule has 1 unspecified atom stereocenters. The minimum atomic E-state index is 0.311. The molecule has 0 amide bonds. The molecule has 0 aromatic heterocycles. The van der Waals surface area contributed by atoms with E-state index < -0.39 is 0 Å². The Balaban J connectivity index is 1.16. The molecule has 42 heavy (non-hydrogen) atoms. The molecule has 6 nitrogen and oxygen atoms in total. The number of allylic oxidation sites excluding steroid dienone is 4. The molecule has 0 spiro atoms. The van der Waals surface area contributed by atoms with E-state index in [2.05, 4.69) is 95.4 Å². The third-order valence-electron chi connectivity index (χ3n) is 7.85. The first-order valence-corrected chi connectivity index (χ1v) is 15.3. The molecule has 2 aliphatic rings. The van der Waals surface area contributed by atoms with Crippen LogP contribution in [0.3, 0.4) is 0 Å². The van der Waals surface area contributed by atoms with Crippen LogP contribution in [0, 0.1) is 6.92 Å². The van der Waals surface area contributed by atoms with Crippen LogP contribution in [0.4, 0.5) is 11.4 Å². The van der Waals surface area contributed by atoms with Crippen LogP contribution in [0.25, 0.3) is 0 Å². The molecule has 2 aromatic carbocycles. The smallest absolute Gasteiger partial charge is 0.121 e. The van der Waals surface area contributed by atoms with Crippen LogP contribution < -0.4 is 25.6 Å². The molecule has 1 saturated heterocycles. The molecule has 2 aliphatic heterocycles. The Morgan fingerprint density at radius 2 is 1.93 bits per heavy atom. The van der Waals surface area contributed by atoms with Crippen molar-refractivity contribution in [1.82, 2.24) is 15.5 Å². The first-order valence-electron chi connectivity index (χ1n) is 14.9. The summed E-state index contributed by atoms with van der Waals surface area (Å²) in [5, 5.41) is 11.1. The Labute approximate surface area is 257 Å². The summed E-state index contributed by atoms with van der Waals surface area (Å²) in [6.45, 7) is 25.5. The first-order chi connectivity index (χ1) is 20.3. The van der Waals surface area contributed by atoms with Gasteiger partial charge in [-0.05, 0) is 62.1 Å². The summed E-state index contributed by atoms with van der Waals surface area (Å²) in [4.78, 5) is 4.95. The number of anilines is 2. The van der Waals surface area contributed by atoms with Gasteiger partial charge in [0.05, 0.1) is 23.9 Å². The third kappa shape index (κ3) is 8.94. The summed E-state index contributed by atoms with van der Waals surface area (Å²) < 4.78 is 6.14. The summed E-state index contributed by atoms with van der Waals surface area (Å²) in [6.07, 6.45) is 8.50. The lowest BCUT2D eigenvalue weighted by atomic mass is 9.89. The van der Waals surface area contributed by atoms with Gasteiger partial charge in [0.1, 0.15) is 5.75 Å². The molecule has 0 aliphatic carbocycles. The number of piperazine rings is 1. The highest BCUT2D eigenvalue weighted by molar-refractivity contribution is 6.34. The average Bonchev–Trinajstić information content (AvgIpc) is 2.99. The predicted molar refractivity (Wildman–Crippen MR) is 180 cm³/mol. The molecule has 2 aromatic rings. The van der Waals surface area contributed by atoms with Crippen molar-refractivity contribution in [2.24, 2.45) is 0 Å². The van der Waals surface area contributed by atoms with E-state index in [1.165, 1.54) is 5.56 Å². The van der Waals surface area contributed by atoms with Crippen molar-refractivity contribution >= 4 is 23.0 Å². The van der Waals surface area contributed by atoms with Crippen LogP contribution in [0.5, 0.6) is 5.75 Å². The molecule has 1 fully saturated rings. The molecule has 1 atom stereocenters. The van der Waals surface area contributed by atoms with Crippen LogP contribution in [0.2, 0.25) is 5.02 Å². The van der Waals surface area contributed by atoms with E-state index in [-0.39, 0.29) is 0 Å². The Hall–Kier alpha value is -3.61. The maximum atomic E-state index is 6.55. The zero-order chi connectivity index (χ0) is 29.9. The van der Waals surface area contributed by atoms with E-state index in [9.17, 15) is 0 Å². The second kappa shape index (κ2) is 15.6. The molecule has 3 N–H and O–H groups in total. The van der Waals surface area contributed by atoms with Crippen LogP contribution in [0.15, 0.2) is 98.0 Å². The van der Waals surface area contributed by atoms with E-state index in [4.69, 9.17) is 16.3 Å². The van der Waals surface area contributed by atoms with E-state index in [1.807, 2.05) is 12.2 Å². The Kier molecular flexibility index (Phi) is 11.6. The van der Waals surface area contributed by atoms with Gasteiger partial charge < -0.3 is 25.6 Å². The van der Waals surface area contributed by atoms with E-state index in [0.29, 0.717) is 19.1 Å². The van der Waals surface area contributed by atoms with Gasteiger partial charge in [-0.25, -0.2) is 0 Å². The lowest BCUT2D eigenvalue weighted by molar-refractivity contribution is 0.238. The van der Waals surface area contributed by atoms with Crippen molar-refractivity contribution in [3.05, 3.63) is 114 Å².